The lowest BCUT2D eigenvalue weighted by Gasteiger charge is -2.49. The Bertz CT molecular complexity index is 2400. The van der Waals surface area contributed by atoms with Crippen molar-refractivity contribution in [2.75, 3.05) is 6.54 Å². The quantitative estimate of drug-likeness (QED) is 0.0538. The molecule has 2 amide bonds. The van der Waals surface area contributed by atoms with E-state index in [1.165, 1.54) is 15.3 Å². The van der Waals surface area contributed by atoms with Crippen molar-refractivity contribution in [3.05, 3.63) is 131 Å². The average Bonchev–Trinajstić information content (AvgIpc) is 3.97. The second-order valence-corrected chi connectivity index (χ2v) is 33.6. The fourth-order valence-electron chi connectivity index (χ4n) is 13.7. The van der Waals surface area contributed by atoms with Crippen LogP contribution in [0.2, 0.25) is 21.7 Å². The number of hydrogen-bond donors (Lipinski definition) is 0. The fraction of sp³-hybridized carbons (Fsp3) is 0.565. The summed E-state index contributed by atoms with van der Waals surface area (Å²) in [5.41, 5.74) is 5.70. The molecular formula is C62H87NO8Si2. The molecule has 0 saturated carbocycles. The van der Waals surface area contributed by atoms with Crippen LogP contribution in [0.5, 0.6) is 0 Å². The topological polar surface area (TPSA) is 101 Å². The molecule has 3 aromatic carbocycles. The highest BCUT2D eigenvalue weighted by Crippen LogP contribution is 2.53. The van der Waals surface area contributed by atoms with Crippen LogP contribution in [-0.4, -0.2) is 70.5 Å². The number of imide groups is 1. The molecule has 3 heterocycles. The van der Waals surface area contributed by atoms with Crippen molar-refractivity contribution >= 4 is 45.0 Å². The Labute approximate surface area is 440 Å². The first kappa shape index (κ1) is 56.2. The van der Waals surface area contributed by atoms with Crippen LogP contribution in [-0.2, 0) is 39.3 Å². The van der Waals surface area contributed by atoms with Gasteiger partial charge in [-0.25, -0.2) is 9.69 Å². The van der Waals surface area contributed by atoms with Gasteiger partial charge in [0.05, 0.1) is 30.0 Å². The van der Waals surface area contributed by atoms with Crippen LogP contribution in [0.4, 0.5) is 4.79 Å². The van der Waals surface area contributed by atoms with Gasteiger partial charge in [-0.3, -0.25) is 9.59 Å². The predicted octanol–water partition coefficient (Wildman–Crippen LogP) is 13.9. The number of rotatable bonds is 18. The Hall–Kier alpha value is -4.56. The molecule has 7 atom stereocenters. The summed E-state index contributed by atoms with van der Waals surface area (Å²) in [6, 6.07) is 31.2. The number of ether oxygens (including phenoxy) is 3. The lowest BCUT2D eigenvalue weighted by molar-refractivity contribution is -0.148. The van der Waals surface area contributed by atoms with Crippen molar-refractivity contribution in [2.45, 2.75) is 200 Å². The molecule has 7 rings (SSSR count). The Morgan fingerprint density at radius 1 is 0.849 bits per heavy atom. The molecule has 0 radical (unpaired) electrons. The summed E-state index contributed by atoms with van der Waals surface area (Å²) in [5.74, 6) is -0.451. The molecule has 0 aromatic heterocycles. The molecule has 0 N–H and O–H groups in total. The molecule has 11 heteroatoms. The molecule has 1 unspecified atom stereocenters. The van der Waals surface area contributed by atoms with Crippen LogP contribution in [0.25, 0.3) is 0 Å². The zero-order valence-corrected chi connectivity index (χ0v) is 48.5. The van der Waals surface area contributed by atoms with E-state index in [-0.39, 0.29) is 53.9 Å². The summed E-state index contributed by atoms with van der Waals surface area (Å²) in [6.45, 7) is 30.1. The zero-order valence-electron chi connectivity index (χ0n) is 46.5. The van der Waals surface area contributed by atoms with Crippen molar-refractivity contribution in [3.8, 4) is 0 Å². The number of benzene rings is 3. The maximum absolute atomic E-state index is 15.3. The number of hydrogen-bond acceptors (Lipinski definition) is 8. The molecule has 0 bridgehead atoms. The number of carbonyl (C=O) groups is 3. The predicted molar refractivity (Wildman–Crippen MR) is 298 cm³/mol. The second kappa shape index (κ2) is 23.5. The van der Waals surface area contributed by atoms with Gasteiger partial charge in [-0.1, -0.05) is 172 Å². The van der Waals surface area contributed by atoms with E-state index in [0.29, 0.717) is 74.0 Å². The molecule has 9 nitrogen and oxygen atoms in total. The number of cyclic esters (lactones) is 1. The zero-order chi connectivity index (χ0) is 52.9. The van der Waals surface area contributed by atoms with E-state index in [1.54, 1.807) is 0 Å². The van der Waals surface area contributed by atoms with Gasteiger partial charge in [0.25, 0.3) is 16.6 Å². The van der Waals surface area contributed by atoms with E-state index in [2.05, 4.69) is 163 Å². The van der Waals surface area contributed by atoms with Gasteiger partial charge in [0.2, 0.25) is 5.91 Å². The minimum absolute atomic E-state index is 0.00499. The van der Waals surface area contributed by atoms with Gasteiger partial charge in [-0.05, 0) is 132 Å². The second-order valence-electron chi connectivity index (χ2n) is 23.9. The van der Waals surface area contributed by atoms with E-state index >= 15 is 4.79 Å². The number of carbonyl (C=O) groups excluding carboxylic acids is 3. The number of allylic oxidation sites excluding steroid dienone is 2. The summed E-state index contributed by atoms with van der Waals surface area (Å²) in [4.78, 5) is 43.3. The third-order valence-corrected chi connectivity index (χ3v) is 28.3. The van der Waals surface area contributed by atoms with Gasteiger partial charge >= 0.3 is 12.1 Å². The Morgan fingerprint density at radius 2 is 1.44 bits per heavy atom. The van der Waals surface area contributed by atoms with Gasteiger partial charge < -0.3 is 23.1 Å². The highest BCUT2D eigenvalue weighted by molar-refractivity contribution is 6.99. The smallest absolute Gasteiger partial charge is 0.416 e. The third kappa shape index (κ3) is 11.7. The van der Waals surface area contributed by atoms with Crippen LogP contribution in [0.3, 0.4) is 0 Å². The Morgan fingerprint density at radius 3 is 1.99 bits per heavy atom. The van der Waals surface area contributed by atoms with Gasteiger partial charge in [-0.2, -0.15) is 0 Å². The molecule has 3 saturated heterocycles. The molecule has 1 spiro atoms. The Kier molecular flexibility index (Phi) is 18.1. The minimum atomic E-state index is -3.11. The van der Waals surface area contributed by atoms with E-state index in [4.69, 9.17) is 23.1 Å². The number of nitrogens with zero attached hydrogens (tertiary/aromatic N) is 1. The third-order valence-electron chi connectivity index (χ3n) is 17.3. The molecule has 3 fully saturated rings. The number of amides is 2. The highest BCUT2D eigenvalue weighted by atomic mass is 28.4. The molecule has 3 aromatic rings. The standard InChI is InChI=1S/C62H87NO8Si2/c1-42(2)72(43(3)4,44(5)6)68-40-47(9)58-46(8)38-50(69-58)30-31-55(71-73(61(11,12)13,51-26-19-15-20-27-51)52-28-21-16-22-29-52)45(7)39-54-48(10)53(56-32-33-57(64)70-56)34-36-62(54)35-23-37-63(59(62)65)60(66)67-41-49-24-17-14-18-25-49/h14-22,24-29,39-40,42-44,46,50,54-56,58H,23,30-38,41H2,1-13H3/b45-39+,47-40-/t46-,50-,54?,55+,56-,58-,62+/m1/s1. The first-order valence-electron chi connectivity index (χ1n) is 27.5. The number of piperidine rings is 1. The van der Waals surface area contributed by atoms with E-state index in [0.717, 1.165) is 40.7 Å². The maximum Gasteiger partial charge on any atom is 0.416 e. The van der Waals surface area contributed by atoms with Crippen molar-refractivity contribution in [1.29, 1.82) is 0 Å². The van der Waals surface area contributed by atoms with Crippen molar-refractivity contribution < 1.29 is 37.4 Å². The SMILES string of the molecule is CC1=C([C@H]2CCC(=O)O2)CC[C@@]2(CCCN(C(=O)OCc3ccccc3)C2=O)C1/C=C(\C)[C@H](CC[C@@H]1C[C@@H](C)[C@H](/C(C)=C\O[Si](C(C)C)(C(C)C)C(C)C)O1)O[Si](c1ccccc1)(c1ccccc1)C(C)(C)C. The lowest BCUT2D eigenvalue weighted by Crippen LogP contribution is -2.67. The number of esters is 1. The maximum atomic E-state index is 15.3. The van der Waals surface area contributed by atoms with Crippen molar-refractivity contribution in [2.24, 2.45) is 17.3 Å². The van der Waals surface area contributed by atoms with Crippen LogP contribution >= 0.6 is 0 Å². The summed E-state index contributed by atoms with van der Waals surface area (Å²) in [6.07, 6.45) is 8.85. The Balaban J connectivity index is 1.29. The lowest BCUT2D eigenvalue weighted by atomic mass is 9.59. The molecular weight excluding hydrogens is 943 g/mol. The van der Waals surface area contributed by atoms with Gasteiger partial charge in [0, 0.05) is 18.9 Å². The van der Waals surface area contributed by atoms with E-state index in [1.807, 2.05) is 30.3 Å². The summed E-state index contributed by atoms with van der Waals surface area (Å²) < 4.78 is 34.0. The molecule has 1 aliphatic carbocycles. The molecule has 396 valence electrons. The first-order valence-corrected chi connectivity index (χ1v) is 31.6. The summed E-state index contributed by atoms with van der Waals surface area (Å²) in [5, 5.41) is 2.11. The van der Waals surface area contributed by atoms with Gasteiger partial charge in [-0.15, -0.1) is 0 Å². The fourth-order valence-corrected chi connectivity index (χ4v) is 23.6. The summed E-state index contributed by atoms with van der Waals surface area (Å²) in [7, 11) is -5.24. The molecule has 3 aliphatic heterocycles. The monoisotopic (exact) mass is 1030 g/mol. The molecule has 4 aliphatic rings. The molecule has 73 heavy (non-hydrogen) atoms. The normalized spacial score (nSPS) is 25.0. The first-order chi connectivity index (χ1) is 34.7. The average molecular weight is 1030 g/mol. The van der Waals surface area contributed by atoms with Crippen molar-refractivity contribution in [1.82, 2.24) is 4.90 Å². The minimum Gasteiger partial charge on any atom is -0.548 e. The van der Waals surface area contributed by atoms with Crippen LogP contribution in [0.1, 0.15) is 153 Å². The van der Waals surface area contributed by atoms with Crippen molar-refractivity contribution in [3.63, 3.8) is 0 Å². The summed E-state index contributed by atoms with van der Waals surface area (Å²) >= 11 is 0. The number of likely N-dealkylation sites (tertiary alicyclic amines) is 1. The van der Waals surface area contributed by atoms with Crippen LogP contribution < -0.4 is 10.4 Å². The highest BCUT2D eigenvalue weighted by Gasteiger charge is 2.55. The van der Waals surface area contributed by atoms with Gasteiger partial charge in [0.15, 0.2) is 0 Å². The van der Waals surface area contributed by atoms with Crippen LogP contribution in [0, 0.1) is 17.3 Å². The van der Waals surface area contributed by atoms with Crippen LogP contribution in [0.15, 0.2) is 126 Å². The van der Waals surface area contributed by atoms with E-state index < -0.39 is 28.1 Å². The van der Waals surface area contributed by atoms with E-state index in [9.17, 15) is 9.59 Å². The van der Waals surface area contributed by atoms with Gasteiger partial charge in [0.1, 0.15) is 12.7 Å². The largest absolute Gasteiger partial charge is 0.548 e.